The first-order valence-electron chi connectivity index (χ1n) is 11.7. The van der Waals surface area contributed by atoms with E-state index in [0.717, 1.165) is 40.4 Å². The zero-order chi connectivity index (χ0) is 23.7. The van der Waals surface area contributed by atoms with Crippen molar-refractivity contribution in [2.24, 2.45) is 0 Å². The Hall–Kier alpha value is -2.27. The molecule has 8 nitrogen and oxygen atoms in total. The standard InChI is InChI=1S/C24H30N4O4S2/c1-4-17-12-19-21(28-9-7-27(8-10-28)20(29)13-18-6-5-11-33-18)25-23(26-22(19)34-17)30-14-16-15-31-24(2,3)32-16/h5-6,11-12,16H,4,7-10,13-15H2,1-3H3. The Labute approximate surface area is 207 Å². The summed E-state index contributed by atoms with van der Waals surface area (Å²) in [7, 11) is 0. The molecule has 0 aromatic carbocycles. The molecule has 0 N–H and O–H groups in total. The number of amides is 1. The molecule has 0 bridgehead atoms. The molecule has 2 aliphatic rings. The summed E-state index contributed by atoms with van der Waals surface area (Å²) in [6, 6.07) is 6.55. The van der Waals surface area contributed by atoms with E-state index >= 15 is 0 Å². The number of rotatable bonds is 7. The van der Waals surface area contributed by atoms with E-state index in [9.17, 15) is 4.79 Å². The van der Waals surface area contributed by atoms with Gasteiger partial charge in [-0.3, -0.25) is 4.79 Å². The molecular weight excluding hydrogens is 472 g/mol. The summed E-state index contributed by atoms with van der Waals surface area (Å²) in [5.41, 5.74) is 0. The summed E-state index contributed by atoms with van der Waals surface area (Å²) < 4.78 is 17.5. The van der Waals surface area contributed by atoms with Crippen molar-refractivity contribution in [1.82, 2.24) is 14.9 Å². The number of thiophene rings is 2. The van der Waals surface area contributed by atoms with Gasteiger partial charge < -0.3 is 24.0 Å². The summed E-state index contributed by atoms with van der Waals surface area (Å²) in [5, 5.41) is 3.06. The minimum Gasteiger partial charge on any atom is -0.461 e. The van der Waals surface area contributed by atoms with Crippen LogP contribution in [0.4, 0.5) is 5.82 Å². The first kappa shape index (κ1) is 23.5. The van der Waals surface area contributed by atoms with Crippen LogP contribution in [-0.2, 0) is 27.1 Å². The maximum absolute atomic E-state index is 12.7. The molecule has 10 heteroatoms. The van der Waals surface area contributed by atoms with E-state index in [0.29, 0.717) is 38.7 Å². The number of aromatic nitrogens is 2. The van der Waals surface area contributed by atoms with Gasteiger partial charge in [-0.1, -0.05) is 13.0 Å². The average molecular weight is 503 g/mol. The Morgan fingerprint density at radius 1 is 1.24 bits per heavy atom. The predicted octanol–water partition coefficient (Wildman–Crippen LogP) is 3.74. The quantitative estimate of drug-likeness (QED) is 0.487. The SMILES string of the molecule is CCc1cc2c(N3CCN(C(=O)Cc4cccs4)CC3)nc(OCC3COC(C)(C)O3)nc2s1. The molecule has 182 valence electrons. The van der Waals surface area contributed by atoms with Gasteiger partial charge in [-0.2, -0.15) is 9.97 Å². The fourth-order valence-electron chi connectivity index (χ4n) is 4.27. The van der Waals surface area contributed by atoms with Crippen LogP contribution in [0.5, 0.6) is 6.01 Å². The van der Waals surface area contributed by atoms with Crippen LogP contribution in [0.25, 0.3) is 10.2 Å². The highest BCUT2D eigenvalue weighted by Gasteiger charge is 2.33. The van der Waals surface area contributed by atoms with Crippen LogP contribution in [0.3, 0.4) is 0 Å². The molecule has 34 heavy (non-hydrogen) atoms. The third-order valence-electron chi connectivity index (χ3n) is 6.05. The van der Waals surface area contributed by atoms with E-state index in [2.05, 4.69) is 22.9 Å². The first-order valence-corrected chi connectivity index (χ1v) is 13.4. The topological polar surface area (TPSA) is 77.0 Å². The van der Waals surface area contributed by atoms with Crippen LogP contribution in [0.2, 0.25) is 0 Å². The van der Waals surface area contributed by atoms with Gasteiger partial charge in [0.1, 0.15) is 23.4 Å². The van der Waals surface area contributed by atoms with Crippen molar-refractivity contribution < 1.29 is 19.0 Å². The summed E-state index contributed by atoms with van der Waals surface area (Å²) in [6.45, 7) is 9.59. The lowest BCUT2D eigenvalue weighted by Crippen LogP contribution is -2.49. The molecule has 1 unspecified atom stereocenters. The summed E-state index contributed by atoms with van der Waals surface area (Å²) in [5.74, 6) is 0.476. The molecule has 5 heterocycles. The van der Waals surface area contributed by atoms with Crippen LogP contribution in [0.15, 0.2) is 23.6 Å². The van der Waals surface area contributed by atoms with Gasteiger partial charge in [0, 0.05) is 35.9 Å². The zero-order valence-electron chi connectivity index (χ0n) is 19.8. The molecule has 1 amide bonds. The second-order valence-corrected chi connectivity index (χ2v) is 11.1. The van der Waals surface area contributed by atoms with Crippen LogP contribution >= 0.6 is 22.7 Å². The third kappa shape index (κ3) is 5.19. The molecule has 0 spiro atoms. The monoisotopic (exact) mass is 502 g/mol. The molecule has 2 aliphatic heterocycles. The van der Waals surface area contributed by atoms with Gasteiger partial charge in [-0.15, -0.1) is 22.7 Å². The predicted molar refractivity (Wildman–Crippen MR) is 134 cm³/mol. The minimum atomic E-state index is -0.589. The number of ether oxygens (including phenoxy) is 3. The lowest BCUT2D eigenvalue weighted by atomic mass is 10.2. The van der Waals surface area contributed by atoms with Crippen LogP contribution in [0, 0.1) is 0 Å². The number of hydrogen-bond acceptors (Lipinski definition) is 9. The highest BCUT2D eigenvalue weighted by molar-refractivity contribution is 7.18. The number of anilines is 1. The van der Waals surface area contributed by atoms with E-state index in [-0.39, 0.29) is 12.0 Å². The van der Waals surface area contributed by atoms with Crippen molar-refractivity contribution in [2.45, 2.75) is 45.5 Å². The molecule has 3 aromatic rings. The van der Waals surface area contributed by atoms with E-state index < -0.39 is 5.79 Å². The Bertz CT molecular complexity index is 1140. The smallest absolute Gasteiger partial charge is 0.319 e. The van der Waals surface area contributed by atoms with Crippen molar-refractivity contribution in [1.29, 1.82) is 0 Å². The fourth-order valence-corrected chi connectivity index (χ4v) is 5.92. The van der Waals surface area contributed by atoms with E-state index in [4.69, 9.17) is 19.2 Å². The largest absolute Gasteiger partial charge is 0.461 e. The Morgan fingerprint density at radius 2 is 2.06 bits per heavy atom. The molecular formula is C24H30N4O4S2. The first-order chi connectivity index (χ1) is 16.4. The molecule has 5 rings (SSSR count). The molecule has 2 saturated heterocycles. The molecule has 0 saturated carbocycles. The van der Waals surface area contributed by atoms with Gasteiger partial charge in [0.05, 0.1) is 18.4 Å². The number of aryl methyl sites for hydroxylation is 1. The van der Waals surface area contributed by atoms with Gasteiger partial charge in [0.2, 0.25) is 5.91 Å². The van der Waals surface area contributed by atoms with Crippen LogP contribution < -0.4 is 9.64 Å². The number of carbonyl (C=O) groups is 1. The van der Waals surface area contributed by atoms with Gasteiger partial charge in [-0.05, 0) is 37.8 Å². The molecule has 3 aromatic heterocycles. The van der Waals surface area contributed by atoms with Gasteiger partial charge in [0.15, 0.2) is 5.79 Å². The Balaban J connectivity index is 1.29. The Morgan fingerprint density at radius 3 is 2.74 bits per heavy atom. The minimum absolute atomic E-state index is 0.148. The lowest BCUT2D eigenvalue weighted by molar-refractivity contribution is -0.141. The number of hydrogen-bond donors (Lipinski definition) is 0. The molecule has 2 fully saturated rings. The van der Waals surface area contributed by atoms with Crippen LogP contribution in [0.1, 0.15) is 30.5 Å². The maximum atomic E-state index is 12.7. The molecule has 0 radical (unpaired) electrons. The van der Waals surface area contributed by atoms with Crippen molar-refractivity contribution in [2.75, 3.05) is 44.3 Å². The van der Waals surface area contributed by atoms with Crippen molar-refractivity contribution in [3.05, 3.63) is 33.3 Å². The van der Waals surface area contributed by atoms with Gasteiger partial charge in [0.25, 0.3) is 0 Å². The van der Waals surface area contributed by atoms with Crippen molar-refractivity contribution >= 4 is 44.6 Å². The van der Waals surface area contributed by atoms with Crippen molar-refractivity contribution in [3.63, 3.8) is 0 Å². The van der Waals surface area contributed by atoms with E-state index in [1.165, 1.54) is 4.88 Å². The highest BCUT2D eigenvalue weighted by Crippen LogP contribution is 2.34. The third-order valence-corrected chi connectivity index (χ3v) is 8.10. The summed E-state index contributed by atoms with van der Waals surface area (Å²) >= 11 is 3.31. The highest BCUT2D eigenvalue weighted by atomic mass is 32.1. The number of piperazine rings is 1. The summed E-state index contributed by atoms with van der Waals surface area (Å²) in [4.78, 5) is 29.7. The van der Waals surface area contributed by atoms with E-state index in [1.807, 2.05) is 36.3 Å². The molecule has 1 atom stereocenters. The Kier molecular flexibility index (Phi) is 6.74. The van der Waals surface area contributed by atoms with Crippen LogP contribution in [-0.4, -0.2) is 72.1 Å². The number of nitrogens with zero attached hydrogens (tertiary/aromatic N) is 4. The second kappa shape index (κ2) is 9.77. The summed E-state index contributed by atoms with van der Waals surface area (Å²) in [6.07, 6.45) is 1.27. The van der Waals surface area contributed by atoms with Gasteiger partial charge in [-0.25, -0.2) is 0 Å². The normalized spacial score (nSPS) is 20.3. The number of fused-ring (bicyclic) bond motifs is 1. The van der Waals surface area contributed by atoms with E-state index in [1.54, 1.807) is 22.7 Å². The zero-order valence-corrected chi connectivity index (χ0v) is 21.4. The number of carbonyl (C=O) groups excluding carboxylic acids is 1. The second-order valence-electron chi connectivity index (χ2n) is 9.00. The van der Waals surface area contributed by atoms with Crippen molar-refractivity contribution in [3.8, 4) is 6.01 Å². The molecule has 0 aliphatic carbocycles. The average Bonchev–Trinajstić information content (AvgIpc) is 3.57. The lowest BCUT2D eigenvalue weighted by Gasteiger charge is -2.35. The maximum Gasteiger partial charge on any atom is 0.319 e. The van der Waals surface area contributed by atoms with Gasteiger partial charge >= 0.3 is 6.01 Å². The fraction of sp³-hybridized carbons (Fsp3) is 0.542.